The quantitative estimate of drug-likeness (QED) is 0.202. The van der Waals surface area contributed by atoms with Gasteiger partial charge in [0.1, 0.15) is 6.54 Å². The highest BCUT2D eigenvalue weighted by Crippen LogP contribution is 2.31. The second-order valence-corrected chi connectivity index (χ2v) is 9.40. The summed E-state index contributed by atoms with van der Waals surface area (Å²) in [4.78, 5) is 17.7. The minimum atomic E-state index is -4.51. The molecule has 0 N–H and O–H groups in total. The normalized spacial score (nSPS) is 12.3. The van der Waals surface area contributed by atoms with Crippen LogP contribution in [0.5, 0.6) is 0 Å². The number of halogens is 6. The Morgan fingerprint density at radius 3 is 2.30 bits per heavy atom. The van der Waals surface area contributed by atoms with Crippen LogP contribution in [0.4, 0.5) is 22.0 Å². The van der Waals surface area contributed by atoms with Crippen LogP contribution in [0.2, 0.25) is 5.02 Å². The molecule has 0 amide bonds. The van der Waals surface area contributed by atoms with Gasteiger partial charge >= 0.3 is 17.8 Å². The lowest BCUT2D eigenvalue weighted by Crippen LogP contribution is -2.27. The molecular weight excluding hydrogens is 539 g/mol. The van der Waals surface area contributed by atoms with Gasteiger partial charge in [-0.3, -0.25) is 4.57 Å². The third-order valence-electron chi connectivity index (χ3n) is 5.29. The maximum absolute atomic E-state index is 14.5. The van der Waals surface area contributed by atoms with Gasteiger partial charge in [0.05, 0.1) is 12.1 Å². The number of hydrogen-bond acceptors (Lipinski definition) is 5. The van der Waals surface area contributed by atoms with Crippen LogP contribution < -0.4 is 5.69 Å². The molecule has 0 aliphatic rings. The summed E-state index contributed by atoms with van der Waals surface area (Å²) < 4.78 is 70.5. The highest BCUT2D eigenvalue weighted by molar-refractivity contribution is 7.98. The SMILES string of the molecule is CSc1ccccc1-n1nc(Cn2nc(-c3ccc(Cl)cc3)n(CCC(F)(F)F)c2=O)nc1C(C)(F)F. The summed E-state index contributed by atoms with van der Waals surface area (Å²) >= 11 is 7.24. The third-order valence-corrected chi connectivity index (χ3v) is 6.33. The lowest BCUT2D eigenvalue weighted by Gasteiger charge is -2.13. The molecule has 0 bridgehead atoms. The molecule has 37 heavy (non-hydrogen) atoms. The number of nitrogens with zero attached hydrogens (tertiary/aromatic N) is 6. The van der Waals surface area contributed by atoms with Gasteiger partial charge in [0.2, 0.25) is 5.82 Å². The van der Waals surface area contributed by atoms with E-state index < -0.39 is 43.1 Å². The fourth-order valence-corrected chi connectivity index (χ4v) is 4.31. The Morgan fingerprint density at radius 1 is 1.00 bits per heavy atom. The van der Waals surface area contributed by atoms with E-state index in [0.717, 1.165) is 13.9 Å². The van der Waals surface area contributed by atoms with Crippen LogP contribution in [0.1, 0.15) is 25.0 Å². The Labute approximate surface area is 216 Å². The van der Waals surface area contributed by atoms with E-state index in [1.54, 1.807) is 30.5 Å². The first-order valence-corrected chi connectivity index (χ1v) is 12.5. The number of aromatic nitrogens is 6. The standard InChI is InChI=1S/C23H20ClF5N6OS/c1-22(25,26)20-30-18(31-35(20)16-5-3-4-6-17(16)37-2)13-34-21(36)33(12-11-23(27,28)29)19(32-34)14-7-9-15(24)10-8-14/h3-10H,11-13H2,1-2H3. The van der Waals surface area contributed by atoms with Gasteiger partial charge in [-0.15, -0.1) is 22.0 Å². The van der Waals surface area contributed by atoms with E-state index in [0.29, 0.717) is 28.1 Å². The Kier molecular flexibility index (Phi) is 7.47. The summed E-state index contributed by atoms with van der Waals surface area (Å²) in [6, 6.07) is 12.8. The van der Waals surface area contributed by atoms with Crippen molar-refractivity contribution in [3.63, 3.8) is 0 Å². The molecular formula is C23H20ClF5N6OS. The van der Waals surface area contributed by atoms with Gasteiger partial charge in [0, 0.05) is 29.0 Å². The first-order chi connectivity index (χ1) is 17.4. The molecule has 196 valence electrons. The van der Waals surface area contributed by atoms with Crippen LogP contribution in [0.3, 0.4) is 0 Å². The van der Waals surface area contributed by atoms with Crippen molar-refractivity contribution in [2.75, 3.05) is 6.26 Å². The van der Waals surface area contributed by atoms with Gasteiger partial charge < -0.3 is 0 Å². The zero-order chi connectivity index (χ0) is 27.0. The van der Waals surface area contributed by atoms with E-state index in [1.165, 1.54) is 36.0 Å². The van der Waals surface area contributed by atoms with Crippen molar-refractivity contribution in [3.8, 4) is 17.1 Å². The molecule has 0 spiro atoms. The number of rotatable bonds is 8. The van der Waals surface area contributed by atoms with Crippen LogP contribution in [0.25, 0.3) is 17.1 Å². The van der Waals surface area contributed by atoms with Gasteiger partial charge in [0.25, 0.3) is 0 Å². The molecule has 2 heterocycles. The molecule has 0 radical (unpaired) electrons. The summed E-state index contributed by atoms with van der Waals surface area (Å²) in [6.45, 7) is -0.437. The molecule has 0 saturated heterocycles. The summed E-state index contributed by atoms with van der Waals surface area (Å²) in [7, 11) is 0. The maximum Gasteiger partial charge on any atom is 0.390 e. The van der Waals surface area contributed by atoms with Crippen molar-refractivity contribution in [2.24, 2.45) is 0 Å². The van der Waals surface area contributed by atoms with E-state index >= 15 is 0 Å². The van der Waals surface area contributed by atoms with Crippen molar-refractivity contribution >= 4 is 23.4 Å². The molecule has 0 unspecified atom stereocenters. The Morgan fingerprint density at radius 2 is 1.68 bits per heavy atom. The molecule has 4 aromatic rings. The smallest absolute Gasteiger partial charge is 0.275 e. The molecule has 2 aromatic carbocycles. The van der Waals surface area contributed by atoms with Crippen LogP contribution in [-0.4, -0.2) is 41.5 Å². The van der Waals surface area contributed by atoms with E-state index in [2.05, 4.69) is 15.2 Å². The Balaban J connectivity index is 1.78. The third kappa shape index (κ3) is 6.04. The van der Waals surface area contributed by atoms with Crippen LogP contribution in [0.15, 0.2) is 58.2 Å². The van der Waals surface area contributed by atoms with Gasteiger partial charge in [-0.25, -0.2) is 19.1 Å². The van der Waals surface area contributed by atoms with Crippen LogP contribution in [0, 0.1) is 0 Å². The van der Waals surface area contributed by atoms with E-state index in [1.807, 2.05) is 0 Å². The van der Waals surface area contributed by atoms with Gasteiger partial charge in [-0.05, 0) is 42.7 Å². The first kappa shape index (κ1) is 26.9. The first-order valence-electron chi connectivity index (χ1n) is 10.9. The monoisotopic (exact) mass is 558 g/mol. The van der Waals surface area contributed by atoms with Crippen molar-refractivity contribution in [1.29, 1.82) is 0 Å². The second-order valence-electron chi connectivity index (χ2n) is 8.11. The molecule has 2 aromatic heterocycles. The Hall–Kier alpha value is -3.19. The van der Waals surface area contributed by atoms with Gasteiger partial charge in [-0.1, -0.05) is 23.7 Å². The van der Waals surface area contributed by atoms with E-state index in [4.69, 9.17) is 11.6 Å². The number of alkyl halides is 5. The average Bonchev–Trinajstić information content (AvgIpc) is 3.39. The number of thioether (sulfide) groups is 1. The van der Waals surface area contributed by atoms with E-state index in [9.17, 15) is 26.7 Å². The lowest BCUT2D eigenvalue weighted by atomic mass is 10.2. The Bertz CT molecular complexity index is 1460. The van der Waals surface area contributed by atoms with E-state index in [-0.39, 0.29) is 11.6 Å². The zero-order valence-electron chi connectivity index (χ0n) is 19.5. The van der Waals surface area contributed by atoms with Crippen molar-refractivity contribution in [2.45, 2.75) is 43.4 Å². The molecule has 0 fully saturated rings. The average molecular weight is 559 g/mol. The van der Waals surface area contributed by atoms with Crippen LogP contribution >= 0.6 is 23.4 Å². The number of benzene rings is 2. The summed E-state index contributed by atoms with van der Waals surface area (Å²) in [5.41, 5.74) is -0.134. The minimum absolute atomic E-state index is 0.0286. The minimum Gasteiger partial charge on any atom is -0.275 e. The predicted octanol–water partition coefficient (Wildman–Crippen LogP) is 5.78. The summed E-state index contributed by atoms with van der Waals surface area (Å²) in [5.74, 6) is -4.20. The number of hydrogen-bond donors (Lipinski definition) is 0. The molecule has 0 aliphatic heterocycles. The molecule has 14 heteroatoms. The van der Waals surface area contributed by atoms with Crippen LogP contribution in [-0.2, 0) is 19.0 Å². The van der Waals surface area contributed by atoms with Gasteiger partial charge in [-0.2, -0.15) is 22.0 Å². The molecule has 0 aliphatic carbocycles. The summed E-state index contributed by atoms with van der Waals surface area (Å²) in [6.07, 6.45) is -3.99. The fraction of sp³-hybridized carbons (Fsp3) is 0.304. The molecule has 0 saturated carbocycles. The van der Waals surface area contributed by atoms with Crippen molar-refractivity contribution < 1.29 is 22.0 Å². The zero-order valence-corrected chi connectivity index (χ0v) is 21.1. The highest BCUT2D eigenvalue weighted by atomic mass is 35.5. The highest BCUT2D eigenvalue weighted by Gasteiger charge is 2.34. The fourth-order valence-electron chi connectivity index (χ4n) is 3.61. The maximum atomic E-state index is 14.5. The van der Waals surface area contributed by atoms with Crippen molar-refractivity contribution in [3.05, 3.63) is 75.7 Å². The summed E-state index contributed by atoms with van der Waals surface area (Å²) in [5, 5.41) is 8.78. The second kappa shape index (κ2) is 10.3. The molecule has 4 rings (SSSR count). The van der Waals surface area contributed by atoms with Crippen molar-refractivity contribution in [1.82, 2.24) is 29.1 Å². The largest absolute Gasteiger partial charge is 0.390 e. The lowest BCUT2D eigenvalue weighted by molar-refractivity contribution is -0.136. The molecule has 0 atom stereocenters. The predicted molar refractivity (Wildman–Crippen MR) is 129 cm³/mol. The topological polar surface area (TPSA) is 70.5 Å². The molecule has 7 nitrogen and oxygen atoms in total. The number of para-hydroxylation sites is 1. The van der Waals surface area contributed by atoms with Gasteiger partial charge in [0.15, 0.2) is 11.6 Å².